The molecule has 0 aromatic carbocycles. The quantitative estimate of drug-likeness (QED) is 0.614. The van der Waals surface area contributed by atoms with E-state index >= 15 is 0 Å². The fourth-order valence-corrected chi connectivity index (χ4v) is 1.52. The van der Waals surface area contributed by atoms with Crippen LogP contribution in [0.3, 0.4) is 0 Å². The molecule has 0 bridgehead atoms. The van der Waals surface area contributed by atoms with E-state index in [-0.39, 0.29) is 17.3 Å². The van der Waals surface area contributed by atoms with Crippen molar-refractivity contribution in [2.45, 2.75) is 12.3 Å². The van der Waals surface area contributed by atoms with Gasteiger partial charge in [-0.3, -0.25) is 0 Å². The van der Waals surface area contributed by atoms with Gasteiger partial charge in [-0.1, -0.05) is 6.58 Å². The van der Waals surface area contributed by atoms with Gasteiger partial charge in [0.25, 0.3) is 0 Å². The maximum Gasteiger partial charge on any atom is 0.423 e. The third kappa shape index (κ3) is 3.60. The van der Waals surface area contributed by atoms with Gasteiger partial charge in [0.15, 0.2) is 11.4 Å². The van der Waals surface area contributed by atoms with Gasteiger partial charge < -0.3 is 4.74 Å². The van der Waals surface area contributed by atoms with Crippen LogP contribution in [0.15, 0.2) is 31.1 Å². The molecule has 120 valence electrons. The molecule has 1 atom stereocenters. The zero-order chi connectivity index (χ0) is 17.0. The van der Waals surface area contributed by atoms with Crippen molar-refractivity contribution in [1.29, 1.82) is 5.26 Å². The third-order valence-corrected chi connectivity index (χ3v) is 2.58. The van der Waals surface area contributed by atoms with E-state index in [0.29, 0.717) is 0 Å². The van der Waals surface area contributed by atoms with Crippen LogP contribution in [0.4, 0.5) is 17.6 Å². The van der Waals surface area contributed by atoms with E-state index in [1.54, 1.807) is 6.07 Å². The third-order valence-electron chi connectivity index (χ3n) is 2.58. The highest BCUT2D eigenvalue weighted by Gasteiger charge is 2.42. The van der Waals surface area contributed by atoms with Crippen molar-refractivity contribution in [1.82, 2.24) is 24.7 Å². The first kappa shape index (κ1) is 16.3. The van der Waals surface area contributed by atoms with Gasteiger partial charge in [-0.05, 0) is 0 Å². The number of ether oxygens (including phenoxy) is 1. The van der Waals surface area contributed by atoms with Crippen LogP contribution in [0.1, 0.15) is 5.56 Å². The second-order valence-electron chi connectivity index (χ2n) is 4.18. The Hall–Kier alpha value is -3.03. The maximum absolute atomic E-state index is 13.1. The number of halogens is 4. The number of aromatic nitrogens is 5. The summed E-state index contributed by atoms with van der Waals surface area (Å²) in [5.41, 5.74) is -1.03. The van der Waals surface area contributed by atoms with E-state index in [0.717, 1.165) is 11.0 Å². The van der Waals surface area contributed by atoms with Crippen LogP contribution >= 0.6 is 0 Å². The largest absolute Gasteiger partial charge is 0.472 e. The van der Waals surface area contributed by atoms with Crippen LogP contribution in [0.5, 0.6) is 5.88 Å². The average molecular weight is 328 g/mol. The summed E-state index contributed by atoms with van der Waals surface area (Å²) in [5.74, 6) is -0.295. The molecule has 1 unspecified atom stereocenters. The van der Waals surface area contributed by atoms with E-state index in [2.05, 4.69) is 26.6 Å². The highest BCUT2D eigenvalue weighted by molar-refractivity contribution is 5.48. The molecule has 2 heterocycles. The number of nitrogens with zero attached hydrogens (tertiary/aromatic N) is 6. The molecule has 0 amide bonds. The van der Waals surface area contributed by atoms with E-state index in [1.807, 2.05) is 0 Å². The molecule has 0 aliphatic carbocycles. The summed E-state index contributed by atoms with van der Waals surface area (Å²) < 4.78 is 55.9. The Morgan fingerprint density at radius 2 is 2.13 bits per heavy atom. The van der Waals surface area contributed by atoms with E-state index < -0.39 is 24.5 Å². The Bertz CT molecular complexity index is 737. The lowest BCUT2D eigenvalue weighted by Crippen LogP contribution is -2.28. The minimum Gasteiger partial charge on any atom is -0.472 e. The Morgan fingerprint density at radius 3 is 2.70 bits per heavy atom. The molecule has 11 heteroatoms. The normalized spacial score (nSPS) is 12.5. The van der Waals surface area contributed by atoms with Gasteiger partial charge >= 0.3 is 6.18 Å². The van der Waals surface area contributed by atoms with Crippen molar-refractivity contribution in [2.75, 3.05) is 6.61 Å². The summed E-state index contributed by atoms with van der Waals surface area (Å²) in [6.45, 7) is 2.19. The standard InChI is InChI=1S/C12H8F4N6O/c1-7(9(13)12(14,15)16)3-23-11-8(2-17)10(19-5-20-11)22-6-18-4-21-22/h4-6,9H,1,3H2. The van der Waals surface area contributed by atoms with Gasteiger partial charge in [0.05, 0.1) is 0 Å². The Kier molecular flexibility index (Phi) is 4.54. The summed E-state index contributed by atoms with van der Waals surface area (Å²) in [4.78, 5) is 11.2. The molecule has 0 saturated carbocycles. The maximum atomic E-state index is 13.1. The molecule has 0 fully saturated rings. The van der Waals surface area contributed by atoms with E-state index in [1.165, 1.54) is 12.7 Å². The minimum atomic E-state index is -5.07. The molecular formula is C12H8F4N6O. The smallest absolute Gasteiger partial charge is 0.423 e. The molecule has 2 aromatic rings. The summed E-state index contributed by atoms with van der Waals surface area (Å²) in [6.07, 6.45) is -4.83. The SMILES string of the molecule is C=C(COc1ncnc(-n2cncn2)c1C#N)C(F)C(F)(F)F. The average Bonchev–Trinajstić information content (AvgIpc) is 3.04. The van der Waals surface area contributed by atoms with Crippen molar-refractivity contribution in [2.24, 2.45) is 0 Å². The molecule has 2 rings (SSSR count). The number of hydrogen-bond donors (Lipinski definition) is 0. The first-order chi connectivity index (χ1) is 10.8. The highest BCUT2D eigenvalue weighted by Crippen LogP contribution is 2.28. The van der Waals surface area contributed by atoms with Crippen molar-refractivity contribution in [3.63, 3.8) is 0 Å². The zero-order valence-corrected chi connectivity index (χ0v) is 11.3. The van der Waals surface area contributed by atoms with Gasteiger partial charge in [-0.15, -0.1) is 0 Å². The molecule has 0 aliphatic heterocycles. The van der Waals surface area contributed by atoms with E-state index in [4.69, 9.17) is 10.00 Å². The molecule has 0 saturated heterocycles. The van der Waals surface area contributed by atoms with Crippen molar-refractivity contribution in [3.8, 4) is 17.8 Å². The Labute approximate surface area is 126 Å². The lowest BCUT2D eigenvalue weighted by atomic mass is 10.2. The first-order valence-electron chi connectivity index (χ1n) is 5.96. The molecule has 0 aliphatic rings. The predicted molar refractivity (Wildman–Crippen MR) is 67.2 cm³/mol. The van der Waals surface area contributed by atoms with Gasteiger partial charge in [0.1, 0.15) is 31.7 Å². The Morgan fingerprint density at radius 1 is 1.39 bits per heavy atom. The second kappa shape index (κ2) is 6.39. The first-order valence-corrected chi connectivity index (χ1v) is 5.96. The molecule has 0 radical (unpaired) electrons. The molecule has 0 N–H and O–H groups in total. The second-order valence-corrected chi connectivity index (χ2v) is 4.18. The van der Waals surface area contributed by atoms with Crippen molar-refractivity contribution < 1.29 is 22.3 Å². The number of hydrogen-bond acceptors (Lipinski definition) is 6. The minimum absolute atomic E-state index is 0.0215. The molecule has 0 spiro atoms. The Balaban J connectivity index is 2.20. The fraction of sp³-hybridized carbons (Fsp3) is 0.250. The fourth-order valence-electron chi connectivity index (χ4n) is 1.52. The number of nitriles is 1. The summed E-state index contributed by atoms with van der Waals surface area (Å²) in [6, 6.07) is 1.75. The van der Waals surface area contributed by atoms with Gasteiger partial charge in [-0.25, -0.2) is 24.0 Å². The van der Waals surface area contributed by atoms with Crippen LogP contribution in [0.2, 0.25) is 0 Å². The van der Waals surface area contributed by atoms with Gasteiger partial charge in [-0.2, -0.15) is 23.5 Å². The zero-order valence-electron chi connectivity index (χ0n) is 11.3. The number of rotatable bonds is 5. The van der Waals surface area contributed by atoms with Crippen LogP contribution in [0, 0.1) is 11.3 Å². The van der Waals surface area contributed by atoms with Crippen LogP contribution in [0.25, 0.3) is 5.82 Å². The highest BCUT2D eigenvalue weighted by atomic mass is 19.4. The lowest BCUT2D eigenvalue weighted by molar-refractivity contribution is -0.170. The van der Waals surface area contributed by atoms with E-state index in [9.17, 15) is 17.6 Å². The van der Waals surface area contributed by atoms with Crippen molar-refractivity contribution in [3.05, 3.63) is 36.7 Å². The molecule has 7 nitrogen and oxygen atoms in total. The lowest BCUT2D eigenvalue weighted by Gasteiger charge is -2.15. The summed E-state index contributed by atoms with van der Waals surface area (Å²) in [7, 11) is 0. The predicted octanol–water partition coefficient (Wildman–Crippen LogP) is 1.76. The van der Waals surface area contributed by atoms with Crippen LogP contribution in [-0.4, -0.2) is 43.7 Å². The summed E-state index contributed by atoms with van der Waals surface area (Å²) in [5, 5.41) is 12.9. The monoisotopic (exact) mass is 328 g/mol. The van der Waals surface area contributed by atoms with Crippen LogP contribution < -0.4 is 4.74 Å². The van der Waals surface area contributed by atoms with Crippen molar-refractivity contribution >= 4 is 0 Å². The molecule has 2 aromatic heterocycles. The molecule has 23 heavy (non-hydrogen) atoms. The number of alkyl halides is 4. The molecular weight excluding hydrogens is 320 g/mol. The topological polar surface area (TPSA) is 89.5 Å². The van der Waals surface area contributed by atoms with Crippen LogP contribution in [-0.2, 0) is 0 Å². The van der Waals surface area contributed by atoms with Gasteiger partial charge in [0, 0.05) is 5.57 Å². The van der Waals surface area contributed by atoms with Gasteiger partial charge in [0.2, 0.25) is 12.1 Å². The summed E-state index contributed by atoms with van der Waals surface area (Å²) >= 11 is 0.